The first-order chi connectivity index (χ1) is 20.9. The summed E-state index contributed by atoms with van der Waals surface area (Å²) in [5, 5.41) is 5.62. The number of thiazole rings is 1. The van der Waals surface area contributed by atoms with Crippen LogP contribution in [-0.2, 0) is 20.9 Å². The Hall–Kier alpha value is -4.83. The fourth-order valence-electron chi connectivity index (χ4n) is 5.87. The van der Waals surface area contributed by atoms with Gasteiger partial charge in [0.1, 0.15) is 22.8 Å². The van der Waals surface area contributed by atoms with Crippen molar-refractivity contribution in [2.24, 2.45) is 0 Å². The quantitative estimate of drug-likeness (QED) is 0.263. The number of hydrogen-bond acceptors (Lipinski definition) is 7. The zero-order chi connectivity index (χ0) is 30.0. The van der Waals surface area contributed by atoms with E-state index in [0.29, 0.717) is 35.0 Å². The van der Waals surface area contributed by atoms with Crippen molar-refractivity contribution in [3.8, 4) is 17.0 Å². The third-order valence-electron chi connectivity index (χ3n) is 8.11. The second-order valence-electron chi connectivity index (χ2n) is 10.6. The molecule has 6 rings (SSSR count). The van der Waals surface area contributed by atoms with Crippen molar-refractivity contribution in [2.45, 2.75) is 37.8 Å². The highest BCUT2D eigenvalue weighted by atomic mass is 32.1. The SMILES string of the molecule is COc1ccc(NC(=O)C2(N(Cc3nc(-c4ccccc4)cs3)C(=O)CN3C(=O)C(=O)c4ccccc43)CCCC2)cc1. The van der Waals surface area contributed by atoms with Gasteiger partial charge in [0.05, 0.1) is 30.6 Å². The number of amides is 3. The molecule has 0 unspecified atom stereocenters. The predicted molar refractivity (Wildman–Crippen MR) is 164 cm³/mol. The van der Waals surface area contributed by atoms with Crippen LogP contribution >= 0.6 is 11.3 Å². The summed E-state index contributed by atoms with van der Waals surface area (Å²) >= 11 is 1.41. The van der Waals surface area contributed by atoms with E-state index in [2.05, 4.69) is 5.32 Å². The molecular weight excluding hydrogens is 564 g/mol. The Morgan fingerprint density at radius 3 is 2.40 bits per heavy atom. The van der Waals surface area contributed by atoms with Gasteiger partial charge in [0.25, 0.3) is 11.7 Å². The second-order valence-corrected chi connectivity index (χ2v) is 11.6. The fourth-order valence-corrected chi connectivity index (χ4v) is 6.66. The van der Waals surface area contributed by atoms with E-state index in [0.717, 1.165) is 24.1 Å². The van der Waals surface area contributed by atoms with Crippen LogP contribution in [-0.4, -0.2) is 52.6 Å². The summed E-state index contributed by atoms with van der Waals surface area (Å²) in [6.45, 7) is -0.278. The van der Waals surface area contributed by atoms with Gasteiger partial charge in [0.15, 0.2) is 0 Å². The predicted octanol–water partition coefficient (Wildman–Crippen LogP) is 5.33. The lowest BCUT2D eigenvalue weighted by Crippen LogP contribution is -2.59. The molecule has 2 heterocycles. The van der Waals surface area contributed by atoms with Crippen LogP contribution in [0.2, 0.25) is 0 Å². The van der Waals surface area contributed by atoms with Crippen LogP contribution in [0.15, 0.2) is 84.2 Å². The van der Waals surface area contributed by atoms with Gasteiger partial charge in [-0.3, -0.25) is 24.1 Å². The number of aromatic nitrogens is 1. The van der Waals surface area contributed by atoms with Crippen molar-refractivity contribution >= 4 is 46.2 Å². The smallest absolute Gasteiger partial charge is 0.299 e. The van der Waals surface area contributed by atoms with Crippen molar-refractivity contribution in [2.75, 3.05) is 23.9 Å². The Morgan fingerprint density at radius 1 is 0.977 bits per heavy atom. The summed E-state index contributed by atoms with van der Waals surface area (Å²) in [7, 11) is 1.57. The van der Waals surface area contributed by atoms with Crippen LogP contribution in [0.3, 0.4) is 0 Å². The zero-order valence-corrected chi connectivity index (χ0v) is 24.4. The number of benzene rings is 3. The van der Waals surface area contributed by atoms with Gasteiger partial charge >= 0.3 is 0 Å². The topological polar surface area (TPSA) is 109 Å². The van der Waals surface area contributed by atoms with Crippen LogP contribution < -0.4 is 15.0 Å². The minimum atomic E-state index is -1.16. The average Bonchev–Trinajstić information content (AvgIpc) is 3.78. The maximum Gasteiger partial charge on any atom is 0.299 e. The van der Waals surface area contributed by atoms with Crippen LogP contribution in [0.25, 0.3) is 11.3 Å². The molecular formula is C33H30N4O5S. The molecule has 1 aromatic heterocycles. The normalized spacial score (nSPS) is 15.3. The highest BCUT2D eigenvalue weighted by molar-refractivity contribution is 7.09. The number of fused-ring (bicyclic) bond motifs is 1. The lowest BCUT2D eigenvalue weighted by molar-refractivity contribution is -0.145. The third-order valence-corrected chi connectivity index (χ3v) is 8.94. The Labute approximate surface area is 253 Å². The van der Waals surface area contributed by atoms with E-state index in [4.69, 9.17) is 9.72 Å². The van der Waals surface area contributed by atoms with Gasteiger partial charge in [-0.2, -0.15) is 0 Å². The molecule has 1 aliphatic heterocycles. The minimum Gasteiger partial charge on any atom is -0.497 e. The van der Waals surface area contributed by atoms with E-state index in [1.807, 2.05) is 35.7 Å². The average molecular weight is 595 g/mol. The standard InChI is InChI=1S/C33H30N4O5S/c1-42-24-15-13-23(14-16-24)34-32(41)33(17-7-8-18-33)37(19-28-35-26(21-43-28)22-9-3-2-4-10-22)29(38)20-36-27-12-6-5-11-25(27)30(39)31(36)40/h2-6,9-16,21H,7-8,17-20H2,1H3,(H,34,41). The monoisotopic (exact) mass is 594 g/mol. The molecule has 0 saturated heterocycles. The van der Waals surface area contributed by atoms with Crippen LogP contribution in [0.5, 0.6) is 5.75 Å². The zero-order valence-electron chi connectivity index (χ0n) is 23.6. The van der Waals surface area contributed by atoms with Crippen molar-refractivity contribution in [3.05, 3.63) is 94.8 Å². The van der Waals surface area contributed by atoms with Crippen LogP contribution in [0.1, 0.15) is 41.0 Å². The molecule has 43 heavy (non-hydrogen) atoms. The molecule has 0 radical (unpaired) electrons. The summed E-state index contributed by atoms with van der Waals surface area (Å²) in [6, 6.07) is 23.4. The Morgan fingerprint density at radius 2 is 1.67 bits per heavy atom. The number of carbonyl (C=O) groups excluding carboxylic acids is 4. The number of hydrogen-bond donors (Lipinski definition) is 1. The van der Waals surface area contributed by atoms with E-state index < -0.39 is 23.1 Å². The highest BCUT2D eigenvalue weighted by Gasteiger charge is 2.49. The fraction of sp³-hybridized carbons (Fsp3) is 0.242. The van der Waals surface area contributed by atoms with Crippen molar-refractivity contribution < 1.29 is 23.9 Å². The number of anilines is 2. The molecule has 9 nitrogen and oxygen atoms in total. The number of methoxy groups -OCH3 is 1. The number of Topliss-reactive ketones (excluding diaryl/α,β-unsaturated/α-hetero) is 1. The van der Waals surface area contributed by atoms with Crippen molar-refractivity contribution in [1.29, 1.82) is 0 Å². The van der Waals surface area contributed by atoms with E-state index in [1.165, 1.54) is 16.2 Å². The van der Waals surface area contributed by atoms with E-state index in [1.54, 1.807) is 60.5 Å². The Balaban J connectivity index is 1.34. The number of carbonyl (C=O) groups is 4. The van der Waals surface area contributed by atoms with E-state index >= 15 is 0 Å². The van der Waals surface area contributed by atoms with Crippen LogP contribution in [0, 0.1) is 0 Å². The number of nitrogens with zero attached hydrogens (tertiary/aromatic N) is 3. The van der Waals surface area contributed by atoms with Gasteiger partial charge in [0.2, 0.25) is 11.8 Å². The lowest BCUT2D eigenvalue weighted by atomic mass is 9.92. The summed E-state index contributed by atoms with van der Waals surface area (Å²) in [6.07, 6.45) is 2.44. The van der Waals surface area contributed by atoms with Gasteiger partial charge in [-0.05, 0) is 49.2 Å². The molecule has 1 aliphatic carbocycles. The number of ether oxygens (including phenoxy) is 1. The molecule has 3 amide bonds. The lowest BCUT2D eigenvalue weighted by Gasteiger charge is -2.40. The number of ketones is 1. The number of para-hydroxylation sites is 1. The van der Waals surface area contributed by atoms with Crippen molar-refractivity contribution in [3.63, 3.8) is 0 Å². The highest BCUT2D eigenvalue weighted by Crippen LogP contribution is 2.39. The number of rotatable bonds is 9. The first-order valence-electron chi connectivity index (χ1n) is 14.1. The minimum absolute atomic E-state index is 0.0873. The Bertz CT molecular complexity index is 1680. The maximum absolute atomic E-state index is 14.3. The molecule has 1 fully saturated rings. The molecule has 4 aromatic rings. The molecule has 0 bridgehead atoms. The molecule has 0 atom stereocenters. The molecule has 0 spiro atoms. The summed E-state index contributed by atoms with van der Waals surface area (Å²) in [5.41, 5.74) is 1.82. The molecule has 1 N–H and O–H groups in total. The molecule has 1 saturated carbocycles. The van der Waals surface area contributed by atoms with Crippen LogP contribution in [0.4, 0.5) is 11.4 Å². The summed E-state index contributed by atoms with van der Waals surface area (Å²) in [5.74, 6) is -1.46. The second kappa shape index (κ2) is 11.8. The van der Waals surface area contributed by atoms with E-state index in [9.17, 15) is 19.2 Å². The van der Waals surface area contributed by atoms with Gasteiger partial charge in [0, 0.05) is 16.6 Å². The third kappa shape index (κ3) is 5.41. The maximum atomic E-state index is 14.3. The van der Waals surface area contributed by atoms with Gasteiger partial charge in [-0.1, -0.05) is 55.3 Å². The van der Waals surface area contributed by atoms with Gasteiger partial charge in [-0.15, -0.1) is 11.3 Å². The van der Waals surface area contributed by atoms with Gasteiger partial charge < -0.3 is 15.0 Å². The first-order valence-corrected chi connectivity index (χ1v) is 15.0. The first kappa shape index (κ1) is 28.3. The largest absolute Gasteiger partial charge is 0.497 e. The van der Waals surface area contributed by atoms with E-state index in [-0.39, 0.29) is 24.6 Å². The molecule has 3 aromatic carbocycles. The Kier molecular flexibility index (Phi) is 7.77. The summed E-state index contributed by atoms with van der Waals surface area (Å²) in [4.78, 5) is 61.6. The molecule has 10 heteroatoms. The number of nitrogens with one attached hydrogen (secondary N) is 1. The van der Waals surface area contributed by atoms with Gasteiger partial charge in [-0.25, -0.2) is 4.98 Å². The summed E-state index contributed by atoms with van der Waals surface area (Å²) < 4.78 is 5.24. The van der Waals surface area contributed by atoms with Crippen molar-refractivity contribution in [1.82, 2.24) is 9.88 Å². The molecule has 2 aliphatic rings. The molecule has 218 valence electrons.